The number of nitrogens with two attached hydrogens (primary N) is 2. The zero-order chi connectivity index (χ0) is 23.2. The number of cyclic esters (lactones) is 2. The summed E-state index contributed by atoms with van der Waals surface area (Å²) >= 11 is 0. The van der Waals surface area contributed by atoms with Crippen LogP contribution in [0.2, 0.25) is 0 Å². The minimum absolute atomic E-state index is 0. The minimum atomic E-state index is -0.796. The van der Waals surface area contributed by atoms with Crippen LogP contribution in [0.15, 0.2) is 22.7 Å². The van der Waals surface area contributed by atoms with Crippen LogP contribution in [0.5, 0.6) is 0 Å². The summed E-state index contributed by atoms with van der Waals surface area (Å²) in [5.41, 5.74) is 10.7. The molecule has 1 saturated carbocycles. The standard InChI is InChI=1S/2C7H8O4.C6H14N2.Pt/c2*1-3(8)5-6(9)4(2)11-7(5)10;7-5-3-1-2-4-6(5)8;/h4,9H,1-2H3;4,8H,1-2H3;5-6H,1-4,7-8H2;/p-1/b;5-3+;;/t2*4-;5-,6-;/m001./s1. The van der Waals surface area contributed by atoms with E-state index in [4.69, 9.17) is 16.6 Å². The molecular formula is C20H29N2O8Pt-. The summed E-state index contributed by atoms with van der Waals surface area (Å²) in [5, 5.41) is 19.8. The van der Waals surface area contributed by atoms with E-state index in [2.05, 4.69) is 9.47 Å². The summed E-state index contributed by atoms with van der Waals surface area (Å²) in [6.45, 7) is 5.37. The van der Waals surface area contributed by atoms with Gasteiger partial charge < -0.3 is 31.2 Å². The van der Waals surface area contributed by atoms with E-state index in [9.17, 15) is 24.3 Å². The van der Waals surface area contributed by atoms with Gasteiger partial charge in [-0.15, -0.1) is 0 Å². The molecule has 0 unspecified atom stereocenters. The summed E-state index contributed by atoms with van der Waals surface area (Å²) in [7, 11) is 0. The number of Topliss-reactive ketones (excluding diaryl/α,β-unsaturated/α-hetero) is 2. The molecule has 31 heavy (non-hydrogen) atoms. The van der Waals surface area contributed by atoms with Gasteiger partial charge in [0.2, 0.25) is 5.78 Å². The van der Waals surface area contributed by atoms with Crippen LogP contribution in [0, 0.1) is 0 Å². The fourth-order valence-corrected chi connectivity index (χ4v) is 2.99. The van der Waals surface area contributed by atoms with Crippen molar-refractivity contribution in [3.63, 3.8) is 0 Å². The van der Waals surface area contributed by atoms with Crippen molar-refractivity contribution in [2.45, 2.75) is 77.7 Å². The zero-order valence-electron chi connectivity index (χ0n) is 17.9. The molecule has 2 aliphatic heterocycles. The minimum Gasteiger partial charge on any atom is -0.872 e. The van der Waals surface area contributed by atoms with Gasteiger partial charge >= 0.3 is 11.9 Å². The van der Waals surface area contributed by atoms with Crippen LogP contribution in [0.3, 0.4) is 0 Å². The maximum absolute atomic E-state index is 11.0. The average molecular weight is 621 g/mol. The van der Waals surface area contributed by atoms with Crippen molar-refractivity contribution in [1.29, 1.82) is 0 Å². The van der Waals surface area contributed by atoms with Crippen LogP contribution in [0.1, 0.15) is 53.4 Å². The molecule has 0 bridgehead atoms. The SMILES string of the molecule is C/C(O)=C1\C(=O)O[C@@H](C)C1=O.CC(=O)C1=C([O-])[C@H](C)OC1=O.N[C@@H]1CCCC[C@H]1N.[Pt]. The van der Waals surface area contributed by atoms with E-state index in [-0.39, 0.29) is 50.1 Å². The van der Waals surface area contributed by atoms with Crippen LogP contribution in [-0.4, -0.2) is 52.9 Å². The number of ketones is 2. The molecule has 178 valence electrons. The third-order valence-electron chi connectivity index (χ3n) is 4.80. The van der Waals surface area contributed by atoms with E-state index in [0.717, 1.165) is 12.8 Å². The van der Waals surface area contributed by atoms with E-state index < -0.39 is 41.5 Å². The number of aliphatic hydroxyl groups is 1. The van der Waals surface area contributed by atoms with E-state index in [1.54, 1.807) is 0 Å². The Morgan fingerprint density at radius 3 is 1.61 bits per heavy atom. The van der Waals surface area contributed by atoms with Crippen molar-refractivity contribution in [1.82, 2.24) is 0 Å². The second kappa shape index (κ2) is 12.7. The number of esters is 2. The van der Waals surface area contributed by atoms with Gasteiger partial charge in [0, 0.05) is 33.1 Å². The molecule has 1 aliphatic carbocycles. The van der Waals surface area contributed by atoms with Crippen LogP contribution >= 0.6 is 0 Å². The molecule has 1 saturated heterocycles. The van der Waals surface area contributed by atoms with Gasteiger partial charge in [-0.3, -0.25) is 9.59 Å². The Kier molecular flexibility index (Phi) is 11.9. The van der Waals surface area contributed by atoms with Crippen LogP contribution in [0.4, 0.5) is 0 Å². The van der Waals surface area contributed by atoms with Crippen molar-refractivity contribution in [3.8, 4) is 0 Å². The van der Waals surface area contributed by atoms with Gasteiger partial charge in [0.1, 0.15) is 17.4 Å². The third kappa shape index (κ3) is 7.87. The number of hydrogen-bond acceptors (Lipinski definition) is 10. The monoisotopic (exact) mass is 620 g/mol. The predicted octanol–water partition coefficient (Wildman–Crippen LogP) is -0.320. The molecule has 0 amide bonds. The molecule has 3 aliphatic rings. The van der Waals surface area contributed by atoms with Crippen molar-refractivity contribution in [3.05, 3.63) is 22.7 Å². The summed E-state index contributed by atoms with van der Waals surface area (Å²) in [5.74, 6) is -3.29. The van der Waals surface area contributed by atoms with Gasteiger partial charge in [0.05, 0.1) is 5.57 Å². The first-order valence-electron chi connectivity index (χ1n) is 9.67. The largest absolute Gasteiger partial charge is 0.872 e. The van der Waals surface area contributed by atoms with Crippen molar-refractivity contribution in [2.24, 2.45) is 11.5 Å². The molecule has 0 aromatic heterocycles. The predicted molar refractivity (Wildman–Crippen MR) is 104 cm³/mol. The Hall–Kier alpha value is -2.03. The van der Waals surface area contributed by atoms with E-state index in [0.29, 0.717) is 0 Å². The quantitative estimate of drug-likeness (QED) is 0.152. The average Bonchev–Trinajstić information content (AvgIpc) is 3.05. The molecule has 0 aromatic carbocycles. The van der Waals surface area contributed by atoms with Crippen LogP contribution in [0.25, 0.3) is 0 Å². The number of carbonyl (C=O) groups is 4. The molecule has 4 atom stereocenters. The van der Waals surface area contributed by atoms with E-state index in [1.807, 2.05) is 0 Å². The molecule has 0 aromatic rings. The first-order valence-corrected chi connectivity index (χ1v) is 9.67. The first kappa shape index (κ1) is 29.0. The zero-order valence-corrected chi connectivity index (χ0v) is 20.2. The van der Waals surface area contributed by atoms with Crippen molar-refractivity contribution in [2.75, 3.05) is 0 Å². The Balaban J connectivity index is 0.000000434. The summed E-state index contributed by atoms with van der Waals surface area (Å²) < 4.78 is 9.04. The maximum Gasteiger partial charge on any atom is 0.346 e. The fourth-order valence-electron chi connectivity index (χ4n) is 2.99. The molecular weight excluding hydrogens is 591 g/mol. The van der Waals surface area contributed by atoms with Crippen LogP contribution < -0.4 is 16.6 Å². The number of allylic oxidation sites excluding steroid dienone is 1. The van der Waals surface area contributed by atoms with Crippen molar-refractivity contribution < 1.29 is 59.9 Å². The topological polar surface area (TPSA) is 182 Å². The van der Waals surface area contributed by atoms with E-state index >= 15 is 0 Å². The normalized spacial score (nSPS) is 28.9. The van der Waals surface area contributed by atoms with Gasteiger partial charge in [-0.05, 0) is 40.5 Å². The summed E-state index contributed by atoms with van der Waals surface area (Å²) in [6, 6.07) is 0.562. The third-order valence-corrected chi connectivity index (χ3v) is 4.80. The van der Waals surface area contributed by atoms with E-state index in [1.165, 1.54) is 40.5 Å². The Bertz CT molecular complexity index is 763. The van der Waals surface area contributed by atoms with Gasteiger partial charge in [0.25, 0.3) is 0 Å². The molecule has 11 heteroatoms. The first-order chi connectivity index (χ1) is 13.9. The van der Waals surface area contributed by atoms with Gasteiger partial charge in [-0.25, -0.2) is 9.59 Å². The Labute approximate surface area is 195 Å². The molecule has 2 heterocycles. The second-order valence-corrected chi connectivity index (χ2v) is 7.33. The summed E-state index contributed by atoms with van der Waals surface area (Å²) in [6.07, 6.45) is 3.26. The molecule has 0 spiro atoms. The van der Waals surface area contributed by atoms with Gasteiger partial charge in [-0.2, -0.15) is 0 Å². The Morgan fingerprint density at radius 2 is 1.42 bits per heavy atom. The van der Waals surface area contributed by atoms with Gasteiger partial charge in [-0.1, -0.05) is 18.6 Å². The van der Waals surface area contributed by atoms with Crippen molar-refractivity contribution >= 4 is 23.5 Å². The summed E-state index contributed by atoms with van der Waals surface area (Å²) in [4.78, 5) is 43.2. The number of aliphatic hydroxyl groups excluding tert-OH is 1. The van der Waals surface area contributed by atoms with Gasteiger partial charge in [0.15, 0.2) is 11.9 Å². The Morgan fingerprint density at radius 1 is 0.968 bits per heavy atom. The molecule has 2 fully saturated rings. The molecule has 5 N–H and O–H groups in total. The number of hydrogen-bond donors (Lipinski definition) is 3. The van der Waals surface area contributed by atoms with Crippen LogP contribution in [-0.2, 0) is 49.7 Å². The molecule has 0 radical (unpaired) electrons. The molecule has 10 nitrogen and oxygen atoms in total. The smallest absolute Gasteiger partial charge is 0.346 e. The number of ether oxygens (including phenoxy) is 2. The fraction of sp³-hybridized carbons (Fsp3) is 0.600. The molecule has 3 rings (SSSR count). The number of carbonyl (C=O) groups excluding carboxylic acids is 4. The second-order valence-electron chi connectivity index (χ2n) is 7.33. The number of rotatable bonds is 1. The maximum atomic E-state index is 11.0.